The maximum atomic E-state index is 11.5. The van der Waals surface area contributed by atoms with Gasteiger partial charge in [-0.25, -0.2) is 4.98 Å². The van der Waals surface area contributed by atoms with E-state index in [-0.39, 0.29) is 5.91 Å². The normalized spacial score (nSPS) is 12.4. The summed E-state index contributed by atoms with van der Waals surface area (Å²) in [6.45, 7) is 2.49. The smallest absolute Gasteiger partial charge is 0.237 e. The van der Waals surface area contributed by atoms with Crippen molar-refractivity contribution in [2.75, 3.05) is 0 Å². The van der Waals surface area contributed by atoms with Crippen LogP contribution in [0.4, 0.5) is 0 Å². The molecule has 0 spiro atoms. The number of nitrogens with zero attached hydrogens (tertiary/aromatic N) is 1. The molecule has 5 nitrogen and oxygen atoms in total. The molecule has 15 heavy (non-hydrogen) atoms. The summed E-state index contributed by atoms with van der Waals surface area (Å²) < 4.78 is 0. The molecular formula is C10H18N4O. The fourth-order valence-corrected chi connectivity index (χ4v) is 1.25. The van der Waals surface area contributed by atoms with Gasteiger partial charge in [-0.3, -0.25) is 4.79 Å². The van der Waals surface area contributed by atoms with Crippen molar-refractivity contribution in [3.05, 3.63) is 18.2 Å². The number of H-pyrrole nitrogens is 1. The number of aromatic amines is 1. The van der Waals surface area contributed by atoms with Gasteiger partial charge in [0.15, 0.2) is 0 Å². The molecule has 1 aromatic heterocycles. The molecule has 0 aromatic carbocycles. The largest absolute Gasteiger partial charge is 0.348 e. The molecule has 0 bridgehead atoms. The standard InChI is InChI=1S/C10H18N4O/c1-2-3-4-8(11)10(15)14-7-9-12-5-6-13-9/h5-6,8H,2-4,7,11H2,1H3,(H,12,13)(H,14,15)/t8-/m0/s1. The number of rotatable bonds is 6. The number of aromatic nitrogens is 2. The highest BCUT2D eigenvalue weighted by Crippen LogP contribution is 1.98. The predicted octanol–water partition coefficient (Wildman–Crippen LogP) is 0.543. The lowest BCUT2D eigenvalue weighted by atomic mass is 10.1. The second-order valence-corrected chi connectivity index (χ2v) is 3.50. The number of nitrogens with one attached hydrogen (secondary N) is 2. The van der Waals surface area contributed by atoms with Crippen LogP contribution in [-0.2, 0) is 11.3 Å². The SMILES string of the molecule is CCCC[C@H](N)C(=O)NCc1ncc[nH]1. The summed E-state index contributed by atoms with van der Waals surface area (Å²) in [4.78, 5) is 18.4. The second kappa shape index (κ2) is 6.19. The summed E-state index contributed by atoms with van der Waals surface area (Å²) in [6.07, 6.45) is 6.14. The highest BCUT2D eigenvalue weighted by molar-refractivity contribution is 5.81. The van der Waals surface area contributed by atoms with Crippen LogP contribution in [0.5, 0.6) is 0 Å². The Morgan fingerprint density at radius 3 is 3.13 bits per heavy atom. The number of hydrogen-bond donors (Lipinski definition) is 3. The lowest BCUT2D eigenvalue weighted by molar-refractivity contribution is -0.122. The quantitative estimate of drug-likeness (QED) is 0.641. The number of carbonyl (C=O) groups is 1. The van der Waals surface area contributed by atoms with Gasteiger partial charge in [0, 0.05) is 12.4 Å². The van der Waals surface area contributed by atoms with Gasteiger partial charge in [0.05, 0.1) is 12.6 Å². The number of imidazole rings is 1. The summed E-state index contributed by atoms with van der Waals surface area (Å²) in [6, 6.07) is -0.403. The minimum absolute atomic E-state index is 0.111. The van der Waals surface area contributed by atoms with E-state index in [2.05, 4.69) is 22.2 Å². The molecule has 1 aromatic rings. The van der Waals surface area contributed by atoms with Crippen molar-refractivity contribution < 1.29 is 4.79 Å². The Morgan fingerprint density at radius 1 is 1.73 bits per heavy atom. The van der Waals surface area contributed by atoms with Crippen LogP contribution >= 0.6 is 0 Å². The molecule has 4 N–H and O–H groups in total. The van der Waals surface area contributed by atoms with Gasteiger partial charge in [-0.15, -0.1) is 0 Å². The van der Waals surface area contributed by atoms with E-state index < -0.39 is 6.04 Å². The second-order valence-electron chi connectivity index (χ2n) is 3.50. The Hall–Kier alpha value is -1.36. The van der Waals surface area contributed by atoms with E-state index in [9.17, 15) is 4.79 Å². The van der Waals surface area contributed by atoms with Crippen LogP contribution in [-0.4, -0.2) is 21.9 Å². The molecule has 1 amide bonds. The van der Waals surface area contributed by atoms with Crippen LogP contribution in [0, 0.1) is 0 Å². The first kappa shape index (κ1) is 11.7. The fourth-order valence-electron chi connectivity index (χ4n) is 1.25. The Labute approximate surface area is 89.5 Å². The molecule has 1 atom stereocenters. The van der Waals surface area contributed by atoms with E-state index in [1.54, 1.807) is 12.4 Å². The van der Waals surface area contributed by atoms with Crippen LogP contribution in [0.2, 0.25) is 0 Å². The first-order chi connectivity index (χ1) is 7.24. The fraction of sp³-hybridized carbons (Fsp3) is 0.600. The van der Waals surface area contributed by atoms with Gasteiger partial charge >= 0.3 is 0 Å². The molecular weight excluding hydrogens is 192 g/mol. The van der Waals surface area contributed by atoms with E-state index in [1.165, 1.54) is 0 Å². The van der Waals surface area contributed by atoms with Crippen LogP contribution in [0.1, 0.15) is 32.0 Å². The van der Waals surface area contributed by atoms with Gasteiger partial charge in [-0.2, -0.15) is 0 Å². The third-order valence-electron chi connectivity index (χ3n) is 2.19. The molecule has 0 aliphatic rings. The number of amides is 1. The first-order valence-corrected chi connectivity index (χ1v) is 5.25. The summed E-state index contributed by atoms with van der Waals surface area (Å²) in [7, 11) is 0. The first-order valence-electron chi connectivity index (χ1n) is 5.25. The van der Waals surface area contributed by atoms with Gasteiger partial charge in [-0.05, 0) is 6.42 Å². The molecule has 5 heteroatoms. The minimum Gasteiger partial charge on any atom is -0.348 e. The van der Waals surface area contributed by atoms with Crippen LogP contribution in [0.3, 0.4) is 0 Å². The van der Waals surface area contributed by atoms with Gasteiger partial charge in [0.1, 0.15) is 5.82 Å². The summed E-state index contributed by atoms with van der Waals surface area (Å²) in [5.41, 5.74) is 5.70. The van der Waals surface area contributed by atoms with Crippen molar-refractivity contribution in [3.8, 4) is 0 Å². The number of unbranched alkanes of at least 4 members (excludes halogenated alkanes) is 1. The summed E-state index contributed by atoms with van der Waals surface area (Å²) in [5.74, 6) is 0.630. The van der Waals surface area contributed by atoms with Crippen molar-refractivity contribution in [2.45, 2.75) is 38.8 Å². The van der Waals surface area contributed by atoms with Crippen molar-refractivity contribution >= 4 is 5.91 Å². The number of nitrogens with two attached hydrogens (primary N) is 1. The van der Waals surface area contributed by atoms with Crippen molar-refractivity contribution in [1.82, 2.24) is 15.3 Å². The van der Waals surface area contributed by atoms with Gasteiger partial charge < -0.3 is 16.0 Å². The molecule has 0 radical (unpaired) electrons. The lowest BCUT2D eigenvalue weighted by Gasteiger charge is -2.10. The Morgan fingerprint density at radius 2 is 2.53 bits per heavy atom. The molecule has 1 rings (SSSR count). The van der Waals surface area contributed by atoms with E-state index in [0.717, 1.165) is 25.1 Å². The van der Waals surface area contributed by atoms with Crippen LogP contribution < -0.4 is 11.1 Å². The highest BCUT2D eigenvalue weighted by Gasteiger charge is 2.12. The molecule has 0 fully saturated rings. The van der Waals surface area contributed by atoms with Gasteiger partial charge in [0.2, 0.25) is 5.91 Å². The molecule has 0 unspecified atom stereocenters. The molecule has 0 aliphatic heterocycles. The van der Waals surface area contributed by atoms with E-state index in [4.69, 9.17) is 5.73 Å². The Balaban J connectivity index is 2.23. The predicted molar refractivity (Wildman–Crippen MR) is 57.9 cm³/mol. The van der Waals surface area contributed by atoms with Crippen molar-refractivity contribution in [3.63, 3.8) is 0 Å². The van der Waals surface area contributed by atoms with Crippen molar-refractivity contribution in [1.29, 1.82) is 0 Å². The topological polar surface area (TPSA) is 83.8 Å². The van der Waals surface area contributed by atoms with Gasteiger partial charge in [0.25, 0.3) is 0 Å². The molecule has 1 heterocycles. The highest BCUT2D eigenvalue weighted by atomic mass is 16.2. The number of carbonyl (C=O) groups excluding carboxylic acids is 1. The van der Waals surface area contributed by atoms with Crippen molar-refractivity contribution in [2.24, 2.45) is 5.73 Å². The van der Waals surface area contributed by atoms with Crippen LogP contribution in [0.15, 0.2) is 12.4 Å². The minimum atomic E-state index is -0.403. The molecule has 0 saturated heterocycles. The zero-order chi connectivity index (χ0) is 11.1. The Kier molecular flexibility index (Phi) is 4.83. The maximum Gasteiger partial charge on any atom is 0.237 e. The molecule has 84 valence electrons. The average molecular weight is 210 g/mol. The Bertz CT molecular complexity index is 284. The van der Waals surface area contributed by atoms with E-state index in [0.29, 0.717) is 6.54 Å². The summed E-state index contributed by atoms with van der Waals surface area (Å²) >= 11 is 0. The van der Waals surface area contributed by atoms with Gasteiger partial charge in [-0.1, -0.05) is 19.8 Å². The lowest BCUT2D eigenvalue weighted by Crippen LogP contribution is -2.40. The zero-order valence-electron chi connectivity index (χ0n) is 8.99. The summed E-state index contributed by atoms with van der Waals surface area (Å²) in [5, 5.41) is 2.74. The van der Waals surface area contributed by atoms with Crippen LogP contribution in [0.25, 0.3) is 0 Å². The zero-order valence-corrected chi connectivity index (χ0v) is 8.99. The third kappa shape index (κ3) is 4.12. The monoisotopic (exact) mass is 210 g/mol. The molecule has 0 saturated carbocycles. The number of hydrogen-bond acceptors (Lipinski definition) is 3. The van der Waals surface area contributed by atoms with E-state index >= 15 is 0 Å². The van der Waals surface area contributed by atoms with E-state index in [1.807, 2.05) is 0 Å². The third-order valence-corrected chi connectivity index (χ3v) is 2.19. The average Bonchev–Trinajstić information content (AvgIpc) is 2.75. The maximum absolute atomic E-state index is 11.5. The molecule has 0 aliphatic carbocycles.